The average molecular weight is 165 g/mol. The molecule has 0 aliphatic heterocycles. The second kappa shape index (κ2) is 3.27. The average Bonchev–Trinajstić information content (AvgIpc) is 2.77. The molecule has 1 heterocycles. The van der Waals surface area contributed by atoms with Crippen molar-refractivity contribution >= 4 is 0 Å². The van der Waals surface area contributed by atoms with Gasteiger partial charge in [0, 0.05) is 6.20 Å². The lowest BCUT2D eigenvalue weighted by Gasteiger charge is -2.11. The van der Waals surface area contributed by atoms with Gasteiger partial charge >= 0.3 is 0 Å². The molecule has 66 valence electrons. The maximum Gasteiger partial charge on any atom is 0.0522 e. The van der Waals surface area contributed by atoms with Crippen molar-refractivity contribution in [1.29, 1.82) is 0 Å². The summed E-state index contributed by atoms with van der Waals surface area (Å²) in [6.45, 7) is 0.784. The zero-order valence-electron chi connectivity index (χ0n) is 7.16. The molecule has 0 aromatic carbocycles. The molecule has 0 amide bonds. The van der Waals surface area contributed by atoms with Crippen LogP contribution in [0.25, 0.3) is 0 Å². The van der Waals surface area contributed by atoms with Gasteiger partial charge in [-0.15, -0.1) is 0 Å². The van der Waals surface area contributed by atoms with Gasteiger partial charge in [-0.2, -0.15) is 5.10 Å². The molecule has 1 saturated carbocycles. The van der Waals surface area contributed by atoms with Crippen molar-refractivity contribution in [2.75, 3.05) is 6.54 Å². The molecule has 1 unspecified atom stereocenters. The minimum atomic E-state index is 0.661. The van der Waals surface area contributed by atoms with Crippen LogP contribution in [0.4, 0.5) is 0 Å². The van der Waals surface area contributed by atoms with Crippen molar-refractivity contribution in [3.63, 3.8) is 0 Å². The van der Waals surface area contributed by atoms with Gasteiger partial charge in [0.1, 0.15) is 0 Å². The summed E-state index contributed by atoms with van der Waals surface area (Å²) in [5.41, 5.74) is 6.91. The zero-order chi connectivity index (χ0) is 8.39. The monoisotopic (exact) mass is 165 g/mol. The Morgan fingerprint density at radius 2 is 2.50 bits per heavy atom. The quantitative estimate of drug-likeness (QED) is 0.705. The van der Waals surface area contributed by atoms with E-state index in [2.05, 4.69) is 10.2 Å². The van der Waals surface area contributed by atoms with Crippen LogP contribution in [0, 0.1) is 5.92 Å². The van der Waals surface area contributed by atoms with E-state index in [0.29, 0.717) is 5.92 Å². The number of hydrogen-bond donors (Lipinski definition) is 2. The second-order valence-corrected chi connectivity index (χ2v) is 3.55. The van der Waals surface area contributed by atoms with E-state index in [0.717, 1.165) is 18.9 Å². The molecule has 12 heavy (non-hydrogen) atoms. The predicted octanol–water partition coefficient (Wildman–Crippen LogP) is 1.25. The Kier molecular flexibility index (Phi) is 2.13. The van der Waals surface area contributed by atoms with E-state index >= 15 is 0 Å². The fraction of sp³-hybridized carbons (Fsp3) is 0.667. The normalized spacial score (nSPS) is 19.4. The van der Waals surface area contributed by atoms with E-state index in [1.807, 2.05) is 12.4 Å². The molecule has 0 radical (unpaired) electrons. The van der Waals surface area contributed by atoms with Gasteiger partial charge in [-0.3, -0.25) is 5.10 Å². The number of rotatable bonds is 4. The fourth-order valence-electron chi connectivity index (χ4n) is 1.82. The molecule has 3 nitrogen and oxygen atoms in total. The van der Waals surface area contributed by atoms with E-state index in [1.165, 1.54) is 18.4 Å². The maximum absolute atomic E-state index is 5.57. The summed E-state index contributed by atoms with van der Waals surface area (Å²) >= 11 is 0. The van der Waals surface area contributed by atoms with Crippen LogP contribution in [-0.2, 0) is 0 Å². The molecule has 2 rings (SSSR count). The van der Waals surface area contributed by atoms with E-state index in [1.54, 1.807) is 0 Å². The van der Waals surface area contributed by atoms with Crippen LogP contribution in [0.2, 0.25) is 0 Å². The third-order valence-corrected chi connectivity index (χ3v) is 2.62. The lowest BCUT2D eigenvalue weighted by atomic mass is 9.94. The Balaban J connectivity index is 2.05. The highest BCUT2D eigenvalue weighted by molar-refractivity contribution is 5.14. The van der Waals surface area contributed by atoms with Crippen LogP contribution in [0.5, 0.6) is 0 Å². The van der Waals surface area contributed by atoms with Crippen LogP contribution in [0.3, 0.4) is 0 Å². The largest absolute Gasteiger partial charge is 0.330 e. The van der Waals surface area contributed by atoms with Gasteiger partial charge in [0.2, 0.25) is 0 Å². The Morgan fingerprint density at radius 1 is 1.67 bits per heavy atom. The third-order valence-electron chi connectivity index (χ3n) is 2.62. The summed E-state index contributed by atoms with van der Waals surface area (Å²) in [7, 11) is 0. The number of H-pyrrole nitrogens is 1. The van der Waals surface area contributed by atoms with Crippen LogP contribution < -0.4 is 5.73 Å². The molecule has 1 aliphatic rings. The molecular weight excluding hydrogens is 150 g/mol. The van der Waals surface area contributed by atoms with Gasteiger partial charge in [-0.05, 0) is 43.2 Å². The SMILES string of the molecule is NCCC(c1cn[nH]c1)C1CC1. The first-order valence-electron chi connectivity index (χ1n) is 4.60. The van der Waals surface area contributed by atoms with Crippen LogP contribution >= 0.6 is 0 Å². The van der Waals surface area contributed by atoms with Gasteiger partial charge in [-0.1, -0.05) is 0 Å². The highest BCUT2D eigenvalue weighted by atomic mass is 15.1. The van der Waals surface area contributed by atoms with E-state index in [4.69, 9.17) is 5.73 Å². The van der Waals surface area contributed by atoms with Crippen molar-refractivity contribution in [3.05, 3.63) is 18.0 Å². The van der Waals surface area contributed by atoms with Crippen molar-refractivity contribution in [2.24, 2.45) is 11.7 Å². The number of nitrogens with zero attached hydrogens (tertiary/aromatic N) is 1. The molecular formula is C9H15N3. The van der Waals surface area contributed by atoms with Crippen LogP contribution in [0.1, 0.15) is 30.7 Å². The molecule has 1 atom stereocenters. The first kappa shape index (κ1) is 7.80. The number of nitrogens with one attached hydrogen (secondary N) is 1. The van der Waals surface area contributed by atoms with Gasteiger partial charge in [0.05, 0.1) is 6.20 Å². The standard InChI is InChI=1S/C9H15N3/c10-4-3-9(7-1-2-7)8-5-11-12-6-8/h5-7,9H,1-4,10H2,(H,11,12). The predicted molar refractivity (Wildman–Crippen MR) is 47.7 cm³/mol. The summed E-state index contributed by atoms with van der Waals surface area (Å²) in [5.74, 6) is 1.54. The molecule has 1 aromatic rings. The Bertz CT molecular complexity index is 226. The topological polar surface area (TPSA) is 54.7 Å². The summed E-state index contributed by atoms with van der Waals surface area (Å²) in [6, 6.07) is 0. The van der Waals surface area contributed by atoms with Crippen LogP contribution in [-0.4, -0.2) is 16.7 Å². The highest BCUT2D eigenvalue weighted by Crippen LogP contribution is 2.43. The summed E-state index contributed by atoms with van der Waals surface area (Å²) < 4.78 is 0. The van der Waals surface area contributed by atoms with Gasteiger partial charge in [0.25, 0.3) is 0 Å². The lowest BCUT2D eigenvalue weighted by molar-refractivity contribution is 0.566. The third kappa shape index (κ3) is 1.50. The first-order chi connectivity index (χ1) is 5.92. The number of aromatic amines is 1. The van der Waals surface area contributed by atoms with Crippen molar-refractivity contribution < 1.29 is 0 Å². The molecule has 1 aromatic heterocycles. The van der Waals surface area contributed by atoms with E-state index < -0.39 is 0 Å². The molecule has 1 fully saturated rings. The van der Waals surface area contributed by atoms with E-state index in [-0.39, 0.29) is 0 Å². The minimum Gasteiger partial charge on any atom is -0.330 e. The summed E-state index contributed by atoms with van der Waals surface area (Å²) in [5, 5.41) is 6.83. The molecule has 0 bridgehead atoms. The lowest BCUT2D eigenvalue weighted by Crippen LogP contribution is -2.08. The van der Waals surface area contributed by atoms with Crippen molar-refractivity contribution in [3.8, 4) is 0 Å². The minimum absolute atomic E-state index is 0.661. The van der Waals surface area contributed by atoms with Crippen LogP contribution in [0.15, 0.2) is 12.4 Å². The smallest absolute Gasteiger partial charge is 0.0522 e. The molecule has 1 aliphatic carbocycles. The Morgan fingerprint density at radius 3 is 3.00 bits per heavy atom. The molecule has 0 saturated heterocycles. The fourth-order valence-corrected chi connectivity index (χ4v) is 1.82. The summed E-state index contributed by atoms with van der Waals surface area (Å²) in [6.07, 6.45) is 7.77. The Labute approximate surface area is 72.4 Å². The van der Waals surface area contributed by atoms with Crippen molar-refractivity contribution in [1.82, 2.24) is 10.2 Å². The van der Waals surface area contributed by atoms with Gasteiger partial charge in [0.15, 0.2) is 0 Å². The van der Waals surface area contributed by atoms with Gasteiger partial charge < -0.3 is 5.73 Å². The highest BCUT2D eigenvalue weighted by Gasteiger charge is 2.31. The molecule has 0 spiro atoms. The molecule has 3 N–H and O–H groups in total. The van der Waals surface area contributed by atoms with Crippen molar-refractivity contribution in [2.45, 2.75) is 25.2 Å². The first-order valence-corrected chi connectivity index (χ1v) is 4.60. The number of aromatic nitrogens is 2. The Hall–Kier alpha value is -0.830. The van der Waals surface area contributed by atoms with E-state index in [9.17, 15) is 0 Å². The number of nitrogens with two attached hydrogens (primary N) is 1. The molecule has 3 heteroatoms. The maximum atomic E-state index is 5.57. The summed E-state index contributed by atoms with van der Waals surface area (Å²) in [4.78, 5) is 0. The zero-order valence-corrected chi connectivity index (χ0v) is 7.16. The van der Waals surface area contributed by atoms with Gasteiger partial charge in [-0.25, -0.2) is 0 Å². The second-order valence-electron chi connectivity index (χ2n) is 3.55. The number of hydrogen-bond acceptors (Lipinski definition) is 2.